The highest BCUT2D eigenvalue weighted by Gasteiger charge is 2.46. The lowest BCUT2D eigenvalue weighted by atomic mass is 9.67. The summed E-state index contributed by atoms with van der Waals surface area (Å²) in [6.45, 7) is 9.75. The first-order chi connectivity index (χ1) is 9.86. The van der Waals surface area contributed by atoms with Gasteiger partial charge in [-0.05, 0) is 37.0 Å². The van der Waals surface area contributed by atoms with Gasteiger partial charge in [0.2, 0.25) is 0 Å². The Hall–Kier alpha value is -0.160. The first-order valence-electron chi connectivity index (χ1n) is 8.37. The normalized spacial score (nSPS) is 38.9. The van der Waals surface area contributed by atoms with Crippen molar-refractivity contribution in [2.75, 3.05) is 33.9 Å². The minimum absolute atomic E-state index is 0.159. The molecule has 0 aromatic rings. The summed E-state index contributed by atoms with van der Waals surface area (Å²) in [5.74, 6) is 0.816. The first kappa shape index (κ1) is 17.2. The molecule has 2 N–H and O–H groups in total. The Morgan fingerprint density at radius 2 is 1.52 bits per heavy atom. The third-order valence-electron chi connectivity index (χ3n) is 6.01. The molecule has 4 heteroatoms. The zero-order valence-corrected chi connectivity index (χ0v) is 14.5. The van der Waals surface area contributed by atoms with Crippen molar-refractivity contribution in [2.45, 2.75) is 64.2 Å². The Morgan fingerprint density at radius 3 is 1.86 bits per heavy atom. The fourth-order valence-corrected chi connectivity index (χ4v) is 4.25. The van der Waals surface area contributed by atoms with E-state index >= 15 is 0 Å². The van der Waals surface area contributed by atoms with Crippen LogP contribution in [0, 0.1) is 11.3 Å². The van der Waals surface area contributed by atoms with Crippen molar-refractivity contribution in [1.29, 1.82) is 0 Å². The lowest BCUT2D eigenvalue weighted by Crippen LogP contribution is -2.56. The molecule has 1 heterocycles. The summed E-state index contributed by atoms with van der Waals surface area (Å²) in [6, 6.07) is 0. The smallest absolute Gasteiger partial charge is 0.0972 e. The maximum atomic E-state index is 6.22. The molecule has 2 rings (SSSR count). The van der Waals surface area contributed by atoms with Gasteiger partial charge in [0, 0.05) is 39.4 Å². The highest BCUT2D eigenvalue weighted by atomic mass is 16.5. The summed E-state index contributed by atoms with van der Waals surface area (Å²) < 4.78 is 11.2. The van der Waals surface area contributed by atoms with Crippen LogP contribution in [0.1, 0.15) is 46.5 Å². The number of nitrogens with zero attached hydrogens (tertiary/aromatic N) is 1. The van der Waals surface area contributed by atoms with Crippen LogP contribution in [0.3, 0.4) is 0 Å². The average Bonchev–Trinajstić information content (AvgIpc) is 2.90. The average molecular weight is 298 g/mol. The molecule has 1 aliphatic heterocycles. The molecule has 4 nitrogen and oxygen atoms in total. The minimum Gasteiger partial charge on any atom is -0.377 e. The maximum absolute atomic E-state index is 6.22. The summed E-state index contributed by atoms with van der Waals surface area (Å²) >= 11 is 0. The molecular formula is C17H34N2O2. The van der Waals surface area contributed by atoms with Crippen LogP contribution in [-0.2, 0) is 9.47 Å². The van der Waals surface area contributed by atoms with Gasteiger partial charge in [0.15, 0.2) is 0 Å². The van der Waals surface area contributed by atoms with E-state index in [0.717, 1.165) is 25.6 Å². The van der Waals surface area contributed by atoms with Crippen LogP contribution in [-0.4, -0.2) is 56.5 Å². The minimum atomic E-state index is 0.159. The molecular weight excluding hydrogens is 264 g/mol. The summed E-state index contributed by atoms with van der Waals surface area (Å²) in [6.07, 6.45) is 5.34. The molecule has 0 amide bonds. The molecule has 0 aromatic carbocycles. The van der Waals surface area contributed by atoms with Gasteiger partial charge in [-0.2, -0.15) is 0 Å². The third-order valence-corrected chi connectivity index (χ3v) is 6.01. The molecule has 0 spiro atoms. The molecule has 0 radical (unpaired) electrons. The van der Waals surface area contributed by atoms with Crippen LogP contribution >= 0.6 is 0 Å². The summed E-state index contributed by atoms with van der Waals surface area (Å²) in [5, 5.41) is 0. The monoisotopic (exact) mass is 298 g/mol. The van der Waals surface area contributed by atoms with Crippen LogP contribution in [0.15, 0.2) is 0 Å². The van der Waals surface area contributed by atoms with Gasteiger partial charge in [0.25, 0.3) is 0 Å². The second-order valence-corrected chi connectivity index (χ2v) is 8.02. The number of hydrogen-bond donors (Lipinski definition) is 1. The van der Waals surface area contributed by atoms with E-state index in [1.165, 1.54) is 25.7 Å². The van der Waals surface area contributed by atoms with Crippen LogP contribution in [0.25, 0.3) is 0 Å². The van der Waals surface area contributed by atoms with E-state index in [2.05, 4.69) is 25.7 Å². The molecule has 124 valence electrons. The Bertz CT molecular complexity index is 320. The second kappa shape index (κ2) is 6.53. The fourth-order valence-electron chi connectivity index (χ4n) is 4.25. The molecule has 1 saturated carbocycles. The van der Waals surface area contributed by atoms with E-state index in [1.54, 1.807) is 14.2 Å². The maximum Gasteiger partial charge on any atom is 0.0972 e. The molecule has 0 bridgehead atoms. The lowest BCUT2D eigenvalue weighted by Gasteiger charge is -2.48. The van der Waals surface area contributed by atoms with Crippen LogP contribution in [0.5, 0.6) is 0 Å². The third kappa shape index (κ3) is 3.44. The molecule has 2 aliphatic rings. The summed E-state index contributed by atoms with van der Waals surface area (Å²) in [5.41, 5.74) is 6.79. The predicted octanol–water partition coefficient (Wildman–Crippen LogP) is 2.27. The van der Waals surface area contributed by atoms with Crippen molar-refractivity contribution >= 4 is 0 Å². The van der Waals surface area contributed by atoms with Crippen molar-refractivity contribution in [3.05, 3.63) is 0 Å². The van der Waals surface area contributed by atoms with E-state index < -0.39 is 0 Å². The van der Waals surface area contributed by atoms with Gasteiger partial charge in [-0.15, -0.1) is 0 Å². The number of rotatable bonds is 4. The van der Waals surface area contributed by atoms with Gasteiger partial charge in [0.05, 0.1) is 12.2 Å². The zero-order valence-electron chi connectivity index (χ0n) is 14.5. The summed E-state index contributed by atoms with van der Waals surface area (Å²) in [4.78, 5) is 2.55. The molecule has 1 saturated heterocycles. The highest BCUT2D eigenvalue weighted by molar-refractivity contribution is 5.02. The van der Waals surface area contributed by atoms with Gasteiger partial charge < -0.3 is 15.2 Å². The van der Waals surface area contributed by atoms with Crippen molar-refractivity contribution < 1.29 is 9.47 Å². The van der Waals surface area contributed by atoms with E-state index in [0.29, 0.717) is 5.41 Å². The quantitative estimate of drug-likeness (QED) is 0.865. The Balaban J connectivity index is 2.04. The van der Waals surface area contributed by atoms with Gasteiger partial charge in [-0.25, -0.2) is 0 Å². The van der Waals surface area contributed by atoms with E-state index in [4.69, 9.17) is 15.2 Å². The van der Waals surface area contributed by atoms with Gasteiger partial charge in [-0.3, -0.25) is 4.90 Å². The molecule has 0 aromatic heterocycles. The fraction of sp³-hybridized carbons (Fsp3) is 1.00. The van der Waals surface area contributed by atoms with E-state index in [-0.39, 0.29) is 17.7 Å². The molecule has 2 fully saturated rings. The Labute approximate surface area is 130 Å². The zero-order chi connectivity index (χ0) is 15.7. The van der Waals surface area contributed by atoms with E-state index in [9.17, 15) is 0 Å². The molecule has 2 unspecified atom stereocenters. The van der Waals surface area contributed by atoms with Gasteiger partial charge in [0.1, 0.15) is 0 Å². The molecule has 1 aliphatic carbocycles. The summed E-state index contributed by atoms with van der Waals surface area (Å²) in [7, 11) is 3.57. The van der Waals surface area contributed by atoms with Crippen LogP contribution < -0.4 is 5.73 Å². The first-order valence-corrected chi connectivity index (χ1v) is 8.37. The van der Waals surface area contributed by atoms with Gasteiger partial charge >= 0.3 is 0 Å². The largest absolute Gasteiger partial charge is 0.377 e. The molecule has 21 heavy (non-hydrogen) atoms. The second-order valence-electron chi connectivity index (χ2n) is 8.02. The number of nitrogens with two attached hydrogens (primary N) is 1. The van der Waals surface area contributed by atoms with Gasteiger partial charge in [-0.1, -0.05) is 20.8 Å². The van der Waals surface area contributed by atoms with E-state index in [1.807, 2.05) is 0 Å². The lowest BCUT2D eigenvalue weighted by molar-refractivity contribution is -0.00461. The van der Waals surface area contributed by atoms with Crippen molar-refractivity contribution in [3.63, 3.8) is 0 Å². The SMILES string of the molecule is COC1CN(C2(CN)CCC(C(C)(C)C)CC2)CC1OC. The number of ether oxygens (including phenoxy) is 2. The number of methoxy groups -OCH3 is 2. The van der Waals surface area contributed by atoms with Crippen LogP contribution in [0.4, 0.5) is 0 Å². The standard InChI is InChI=1S/C17H34N2O2/c1-16(2,3)13-6-8-17(12-18,9-7-13)19-10-14(20-4)15(11-19)21-5/h13-15H,6-12,18H2,1-5H3. The predicted molar refractivity (Wildman–Crippen MR) is 86.4 cm³/mol. The molecule has 2 atom stereocenters. The number of likely N-dealkylation sites (tertiary alicyclic amines) is 1. The van der Waals surface area contributed by atoms with Crippen molar-refractivity contribution in [3.8, 4) is 0 Å². The Kier molecular flexibility index (Phi) is 5.35. The van der Waals surface area contributed by atoms with Crippen LogP contribution in [0.2, 0.25) is 0 Å². The topological polar surface area (TPSA) is 47.7 Å². The highest BCUT2D eigenvalue weighted by Crippen LogP contribution is 2.44. The number of hydrogen-bond acceptors (Lipinski definition) is 4. The van der Waals surface area contributed by atoms with Crippen molar-refractivity contribution in [2.24, 2.45) is 17.1 Å². The van der Waals surface area contributed by atoms with Crippen molar-refractivity contribution in [1.82, 2.24) is 4.90 Å². The Morgan fingerprint density at radius 1 is 1.05 bits per heavy atom.